The van der Waals surface area contributed by atoms with Crippen molar-refractivity contribution in [3.8, 4) is 11.3 Å². The molecule has 2 aromatic carbocycles. The van der Waals surface area contributed by atoms with E-state index in [4.69, 9.17) is 16.6 Å². The lowest BCUT2D eigenvalue weighted by Gasteiger charge is -2.19. The summed E-state index contributed by atoms with van der Waals surface area (Å²) in [6.07, 6.45) is 1.69. The van der Waals surface area contributed by atoms with Crippen LogP contribution in [0.25, 0.3) is 22.1 Å². The third-order valence-electron chi connectivity index (χ3n) is 3.46. The maximum Gasteiger partial charge on any atom is 0.140 e. The highest BCUT2D eigenvalue weighted by Gasteiger charge is 2.21. The summed E-state index contributed by atoms with van der Waals surface area (Å²) in [7, 11) is 0. The van der Waals surface area contributed by atoms with E-state index in [-0.39, 0.29) is 0 Å². The predicted molar refractivity (Wildman–Crippen MR) is 82.0 cm³/mol. The van der Waals surface area contributed by atoms with Gasteiger partial charge in [0.25, 0.3) is 0 Å². The first-order chi connectivity index (χ1) is 9.34. The van der Waals surface area contributed by atoms with Crippen LogP contribution in [0, 0.1) is 4.51 Å². The SMILES string of the molecule is S=c1ccoc2c1CSc1c-2ccc2ccccc12. The van der Waals surface area contributed by atoms with Gasteiger partial charge in [-0.2, -0.15) is 0 Å². The van der Waals surface area contributed by atoms with Crippen LogP contribution in [0.3, 0.4) is 0 Å². The van der Waals surface area contributed by atoms with E-state index < -0.39 is 0 Å². The Morgan fingerprint density at radius 1 is 1.05 bits per heavy atom. The fourth-order valence-corrected chi connectivity index (χ4v) is 4.08. The van der Waals surface area contributed by atoms with E-state index in [1.54, 1.807) is 6.26 Å². The number of hydrogen-bond donors (Lipinski definition) is 0. The predicted octanol–water partition coefficient (Wildman–Crippen LogP) is 5.43. The van der Waals surface area contributed by atoms with Gasteiger partial charge in [-0.05, 0) is 22.9 Å². The van der Waals surface area contributed by atoms with Crippen LogP contribution in [0.5, 0.6) is 0 Å². The van der Waals surface area contributed by atoms with E-state index in [0.717, 1.165) is 27.2 Å². The molecule has 0 aliphatic carbocycles. The van der Waals surface area contributed by atoms with Crippen LogP contribution in [0.4, 0.5) is 0 Å². The molecule has 0 saturated heterocycles. The minimum Gasteiger partial charge on any atom is -0.464 e. The third kappa shape index (κ3) is 1.66. The first-order valence-corrected chi connectivity index (χ1v) is 7.49. The summed E-state index contributed by atoms with van der Waals surface area (Å²) < 4.78 is 6.62. The smallest absolute Gasteiger partial charge is 0.140 e. The molecule has 19 heavy (non-hydrogen) atoms. The molecule has 3 aromatic rings. The van der Waals surface area contributed by atoms with E-state index in [1.165, 1.54) is 15.7 Å². The zero-order valence-corrected chi connectivity index (χ0v) is 11.7. The van der Waals surface area contributed by atoms with E-state index in [0.29, 0.717) is 0 Å². The van der Waals surface area contributed by atoms with Crippen molar-refractivity contribution in [2.24, 2.45) is 0 Å². The standard InChI is InChI=1S/C16H10OS2/c18-14-7-8-17-15-12-6-5-10-3-1-2-4-11(10)16(12)19-9-13(14)15/h1-8H,9H2. The Labute approximate surface area is 120 Å². The van der Waals surface area contributed by atoms with Crippen LogP contribution in [-0.4, -0.2) is 0 Å². The molecular weight excluding hydrogens is 272 g/mol. The summed E-state index contributed by atoms with van der Waals surface area (Å²) in [6, 6.07) is 14.6. The summed E-state index contributed by atoms with van der Waals surface area (Å²) >= 11 is 7.24. The molecule has 1 aromatic heterocycles. The molecule has 0 atom stereocenters. The monoisotopic (exact) mass is 282 g/mol. The minimum atomic E-state index is 0.888. The second kappa shape index (κ2) is 4.22. The summed E-state index contributed by atoms with van der Waals surface area (Å²) in [5, 5.41) is 2.56. The summed E-state index contributed by atoms with van der Waals surface area (Å²) in [6.45, 7) is 0. The summed E-state index contributed by atoms with van der Waals surface area (Å²) in [5.74, 6) is 1.83. The first-order valence-electron chi connectivity index (χ1n) is 6.10. The molecule has 0 radical (unpaired) electrons. The largest absolute Gasteiger partial charge is 0.464 e. The van der Waals surface area contributed by atoms with Crippen molar-refractivity contribution in [1.82, 2.24) is 0 Å². The fourth-order valence-electron chi connectivity index (χ4n) is 2.53. The quantitative estimate of drug-likeness (QED) is 0.510. The van der Waals surface area contributed by atoms with Gasteiger partial charge in [0, 0.05) is 26.3 Å². The Hall–Kier alpha value is -1.58. The van der Waals surface area contributed by atoms with Crippen molar-refractivity contribution in [3.63, 3.8) is 0 Å². The average Bonchev–Trinajstić information content (AvgIpc) is 2.47. The molecule has 92 valence electrons. The van der Waals surface area contributed by atoms with Crippen molar-refractivity contribution in [1.29, 1.82) is 0 Å². The van der Waals surface area contributed by atoms with E-state index in [9.17, 15) is 0 Å². The zero-order chi connectivity index (χ0) is 12.8. The van der Waals surface area contributed by atoms with Gasteiger partial charge in [-0.25, -0.2) is 0 Å². The Bertz CT molecular complexity index is 849. The van der Waals surface area contributed by atoms with Crippen LogP contribution in [0.2, 0.25) is 0 Å². The highest BCUT2D eigenvalue weighted by atomic mass is 32.2. The third-order valence-corrected chi connectivity index (χ3v) is 5.01. The van der Waals surface area contributed by atoms with Gasteiger partial charge in [-0.3, -0.25) is 0 Å². The van der Waals surface area contributed by atoms with Crippen molar-refractivity contribution >= 4 is 34.8 Å². The average molecular weight is 282 g/mol. The van der Waals surface area contributed by atoms with Gasteiger partial charge in [0.2, 0.25) is 0 Å². The van der Waals surface area contributed by atoms with Crippen molar-refractivity contribution in [2.75, 3.05) is 0 Å². The van der Waals surface area contributed by atoms with Gasteiger partial charge in [0.1, 0.15) is 5.76 Å². The molecule has 0 amide bonds. The topological polar surface area (TPSA) is 13.1 Å². The van der Waals surface area contributed by atoms with Crippen LogP contribution >= 0.6 is 24.0 Å². The Morgan fingerprint density at radius 2 is 1.95 bits per heavy atom. The molecule has 4 rings (SSSR count). The number of fused-ring (bicyclic) bond motifs is 5. The van der Waals surface area contributed by atoms with Crippen LogP contribution < -0.4 is 0 Å². The fraction of sp³-hybridized carbons (Fsp3) is 0.0625. The molecule has 0 saturated carbocycles. The number of rotatable bonds is 0. The lowest BCUT2D eigenvalue weighted by molar-refractivity contribution is 0.558. The Morgan fingerprint density at radius 3 is 2.89 bits per heavy atom. The molecule has 0 fully saturated rings. The summed E-state index contributed by atoms with van der Waals surface area (Å²) in [4.78, 5) is 1.30. The van der Waals surface area contributed by atoms with Gasteiger partial charge in [-0.15, -0.1) is 11.8 Å². The maximum absolute atomic E-state index is 5.73. The molecule has 1 aliphatic heterocycles. The lowest BCUT2D eigenvalue weighted by atomic mass is 10.0. The van der Waals surface area contributed by atoms with Gasteiger partial charge >= 0.3 is 0 Å². The lowest BCUT2D eigenvalue weighted by Crippen LogP contribution is -1.97. The molecule has 1 nitrogen and oxygen atoms in total. The molecule has 1 aliphatic rings. The van der Waals surface area contributed by atoms with Crippen LogP contribution in [0.1, 0.15) is 5.56 Å². The molecule has 0 bridgehead atoms. The van der Waals surface area contributed by atoms with E-state index in [2.05, 4.69) is 36.4 Å². The van der Waals surface area contributed by atoms with Gasteiger partial charge in [0.15, 0.2) is 0 Å². The number of benzene rings is 2. The van der Waals surface area contributed by atoms with Gasteiger partial charge in [-0.1, -0.05) is 42.5 Å². The molecular formula is C16H10OS2. The van der Waals surface area contributed by atoms with E-state index >= 15 is 0 Å². The molecule has 0 unspecified atom stereocenters. The van der Waals surface area contributed by atoms with Crippen LogP contribution in [-0.2, 0) is 5.75 Å². The molecule has 0 spiro atoms. The molecule has 3 heteroatoms. The summed E-state index contributed by atoms with van der Waals surface area (Å²) in [5.41, 5.74) is 2.31. The number of hydrogen-bond acceptors (Lipinski definition) is 3. The highest BCUT2D eigenvalue weighted by molar-refractivity contribution is 7.99. The minimum absolute atomic E-state index is 0.888. The van der Waals surface area contributed by atoms with Crippen molar-refractivity contribution in [2.45, 2.75) is 10.6 Å². The van der Waals surface area contributed by atoms with Gasteiger partial charge < -0.3 is 4.42 Å². The van der Waals surface area contributed by atoms with Crippen molar-refractivity contribution < 1.29 is 4.42 Å². The second-order valence-electron chi connectivity index (χ2n) is 4.54. The first kappa shape index (κ1) is 11.3. The second-order valence-corrected chi connectivity index (χ2v) is 5.97. The van der Waals surface area contributed by atoms with E-state index in [1.807, 2.05) is 17.8 Å². The normalized spacial score (nSPS) is 13.1. The molecule has 0 N–H and O–H groups in total. The maximum atomic E-state index is 5.73. The Kier molecular flexibility index (Phi) is 2.50. The zero-order valence-electron chi connectivity index (χ0n) is 10.1. The highest BCUT2D eigenvalue weighted by Crippen LogP contribution is 2.45. The van der Waals surface area contributed by atoms with Crippen molar-refractivity contribution in [3.05, 3.63) is 58.8 Å². The number of thioether (sulfide) groups is 1. The van der Waals surface area contributed by atoms with Gasteiger partial charge in [0.05, 0.1) is 6.26 Å². The molecule has 2 heterocycles. The Balaban J connectivity index is 2.11. The van der Waals surface area contributed by atoms with Crippen LogP contribution in [0.15, 0.2) is 58.0 Å².